The molecule has 0 aromatic heterocycles. The summed E-state index contributed by atoms with van der Waals surface area (Å²) in [5, 5.41) is 6.23. The number of hydrogen-bond acceptors (Lipinski definition) is 3. The second-order valence-electron chi connectivity index (χ2n) is 5.42. The zero-order chi connectivity index (χ0) is 15.4. The lowest BCUT2D eigenvalue weighted by molar-refractivity contribution is -0.134. The fourth-order valence-electron chi connectivity index (χ4n) is 2.86. The van der Waals surface area contributed by atoms with Crippen LogP contribution in [0.25, 0.3) is 0 Å². The first-order chi connectivity index (χ1) is 10.1. The van der Waals surface area contributed by atoms with E-state index >= 15 is 0 Å². The predicted octanol–water partition coefficient (Wildman–Crippen LogP) is 2.57. The van der Waals surface area contributed by atoms with Gasteiger partial charge in [-0.3, -0.25) is 14.9 Å². The van der Waals surface area contributed by atoms with Crippen molar-refractivity contribution in [1.29, 1.82) is 0 Å². The van der Waals surface area contributed by atoms with Gasteiger partial charge in [-0.15, -0.1) is 0 Å². The number of carbonyl (C=O) groups is 2. The molecule has 21 heavy (non-hydrogen) atoms. The van der Waals surface area contributed by atoms with Gasteiger partial charge in [-0.05, 0) is 36.9 Å². The summed E-state index contributed by atoms with van der Waals surface area (Å²) in [5.74, 6) is -0.463. The van der Waals surface area contributed by atoms with E-state index in [-0.39, 0.29) is 17.7 Å². The van der Waals surface area contributed by atoms with E-state index in [4.69, 9.17) is 11.6 Å². The Bertz CT molecular complexity index is 545. The highest BCUT2D eigenvalue weighted by molar-refractivity contribution is 6.32. The second-order valence-corrected chi connectivity index (χ2v) is 5.79. The maximum absolute atomic E-state index is 12.0. The molecule has 0 bridgehead atoms. The molecule has 2 atom stereocenters. The zero-order valence-electron chi connectivity index (χ0n) is 12.4. The lowest BCUT2D eigenvalue weighted by Gasteiger charge is -2.24. The van der Waals surface area contributed by atoms with Gasteiger partial charge in [-0.1, -0.05) is 36.7 Å². The number of nitrogens with one attached hydrogen (secondary N) is 2. The van der Waals surface area contributed by atoms with Crippen LogP contribution in [0.4, 0.5) is 0 Å². The van der Waals surface area contributed by atoms with E-state index in [1.807, 2.05) is 25.2 Å². The quantitative estimate of drug-likeness (QED) is 0.822. The van der Waals surface area contributed by atoms with Crippen molar-refractivity contribution in [3.8, 4) is 0 Å². The third-order valence-corrected chi connectivity index (χ3v) is 4.49. The highest BCUT2D eigenvalue weighted by Crippen LogP contribution is 2.36. The number of carbonyl (C=O) groups excluding carboxylic acids is 2. The molecule has 114 valence electrons. The minimum absolute atomic E-state index is 0.204. The average Bonchev–Trinajstić information content (AvgIpc) is 2.46. The molecule has 0 radical (unpaired) electrons. The van der Waals surface area contributed by atoms with E-state index in [9.17, 15) is 9.59 Å². The number of piperidine rings is 1. The van der Waals surface area contributed by atoms with Crippen molar-refractivity contribution in [2.45, 2.75) is 38.0 Å². The third kappa shape index (κ3) is 3.44. The Labute approximate surface area is 130 Å². The van der Waals surface area contributed by atoms with E-state index in [1.165, 1.54) is 0 Å². The lowest BCUT2D eigenvalue weighted by atomic mass is 9.86. The normalized spacial score (nSPS) is 20.2. The molecule has 0 spiro atoms. The molecular formula is C16H21ClN2O2. The molecule has 1 aliphatic heterocycles. The highest BCUT2D eigenvalue weighted by Gasteiger charge is 2.30. The maximum atomic E-state index is 12.0. The van der Waals surface area contributed by atoms with Crippen molar-refractivity contribution < 1.29 is 9.59 Å². The van der Waals surface area contributed by atoms with Gasteiger partial charge >= 0.3 is 0 Å². The minimum atomic E-state index is -0.331. The molecule has 1 aliphatic rings. The summed E-state index contributed by atoms with van der Waals surface area (Å²) in [5.41, 5.74) is 1.89. The molecule has 5 heteroatoms. The molecule has 0 aliphatic carbocycles. The van der Waals surface area contributed by atoms with Crippen LogP contribution in [-0.2, 0) is 9.59 Å². The number of halogens is 1. The number of hydrogen-bond donors (Lipinski definition) is 2. The number of imide groups is 1. The van der Waals surface area contributed by atoms with Crippen LogP contribution >= 0.6 is 11.6 Å². The fraction of sp³-hybridized carbons (Fsp3) is 0.500. The first kappa shape index (κ1) is 16.0. The van der Waals surface area contributed by atoms with Crippen molar-refractivity contribution in [3.63, 3.8) is 0 Å². The van der Waals surface area contributed by atoms with Gasteiger partial charge < -0.3 is 5.32 Å². The molecule has 4 nitrogen and oxygen atoms in total. The van der Waals surface area contributed by atoms with E-state index in [0.717, 1.165) is 24.1 Å². The number of likely N-dealkylation sites (N-methyl/N-ethyl adjacent to an activating group) is 1. The van der Waals surface area contributed by atoms with E-state index < -0.39 is 0 Å². The van der Waals surface area contributed by atoms with Crippen LogP contribution in [0.5, 0.6) is 0 Å². The summed E-state index contributed by atoms with van der Waals surface area (Å²) < 4.78 is 0. The van der Waals surface area contributed by atoms with Gasteiger partial charge in [0.2, 0.25) is 11.8 Å². The summed E-state index contributed by atoms with van der Waals surface area (Å²) in [6, 6.07) is 5.85. The van der Waals surface area contributed by atoms with Crippen LogP contribution in [0.1, 0.15) is 49.1 Å². The SMILES string of the molecule is CCC(CNC)c1cccc(C2CCC(=O)NC2=O)c1Cl. The molecule has 2 N–H and O–H groups in total. The van der Waals surface area contributed by atoms with Crippen molar-refractivity contribution in [3.05, 3.63) is 34.3 Å². The van der Waals surface area contributed by atoms with Gasteiger partial charge in [0.1, 0.15) is 0 Å². The van der Waals surface area contributed by atoms with Crippen LogP contribution in [-0.4, -0.2) is 25.4 Å². The average molecular weight is 309 g/mol. The Morgan fingerprint density at radius 3 is 2.81 bits per heavy atom. The molecule has 1 heterocycles. The van der Waals surface area contributed by atoms with Crippen molar-refractivity contribution in [1.82, 2.24) is 10.6 Å². The predicted molar refractivity (Wildman–Crippen MR) is 83.5 cm³/mol. The van der Waals surface area contributed by atoms with Crippen LogP contribution in [0.3, 0.4) is 0 Å². The topological polar surface area (TPSA) is 58.2 Å². The maximum Gasteiger partial charge on any atom is 0.234 e. The monoisotopic (exact) mass is 308 g/mol. The molecule has 2 unspecified atom stereocenters. The van der Waals surface area contributed by atoms with E-state index in [0.29, 0.717) is 23.8 Å². The standard InChI is InChI=1S/C16H21ClN2O2/c1-3-10(9-18-2)11-5-4-6-12(15(11)17)13-7-8-14(20)19-16(13)21/h4-6,10,13,18H,3,7-9H2,1-2H3,(H,19,20,21). The Balaban J connectivity index is 2.33. The van der Waals surface area contributed by atoms with Crippen LogP contribution in [0.2, 0.25) is 5.02 Å². The van der Waals surface area contributed by atoms with Crippen molar-refractivity contribution >= 4 is 23.4 Å². The summed E-state index contributed by atoms with van der Waals surface area (Å²) in [7, 11) is 1.92. The first-order valence-electron chi connectivity index (χ1n) is 7.35. The van der Waals surface area contributed by atoms with Crippen LogP contribution in [0.15, 0.2) is 18.2 Å². The molecule has 1 fully saturated rings. The third-order valence-electron chi connectivity index (χ3n) is 4.06. The summed E-state index contributed by atoms with van der Waals surface area (Å²) in [4.78, 5) is 23.3. The zero-order valence-corrected chi connectivity index (χ0v) is 13.2. The van der Waals surface area contributed by atoms with Gasteiger partial charge in [0, 0.05) is 18.0 Å². The van der Waals surface area contributed by atoms with Crippen molar-refractivity contribution in [2.24, 2.45) is 0 Å². The molecule has 2 amide bonds. The van der Waals surface area contributed by atoms with Gasteiger partial charge in [-0.2, -0.15) is 0 Å². The van der Waals surface area contributed by atoms with Crippen LogP contribution < -0.4 is 10.6 Å². The fourth-order valence-corrected chi connectivity index (χ4v) is 3.28. The number of rotatable bonds is 5. The number of amides is 2. The smallest absolute Gasteiger partial charge is 0.234 e. The Hall–Kier alpha value is -1.39. The Kier molecular flexibility index (Phi) is 5.37. The molecule has 1 aromatic rings. The van der Waals surface area contributed by atoms with Gasteiger partial charge in [0.25, 0.3) is 0 Å². The van der Waals surface area contributed by atoms with Gasteiger partial charge in [0.05, 0.1) is 5.92 Å². The molecule has 1 aromatic carbocycles. The highest BCUT2D eigenvalue weighted by atomic mass is 35.5. The Morgan fingerprint density at radius 1 is 1.43 bits per heavy atom. The summed E-state index contributed by atoms with van der Waals surface area (Å²) in [6.07, 6.45) is 1.86. The summed E-state index contributed by atoms with van der Waals surface area (Å²) >= 11 is 6.56. The molecule has 1 saturated heterocycles. The van der Waals surface area contributed by atoms with E-state index in [1.54, 1.807) is 0 Å². The molecular weight excluding hydrogens is 288 g/mol. The van der Waals surface area contributed by atoms with Crippen LogP contribution in [0, 0.1) is 0 Å². The van der Waals surface area contributed by atoms with Gasteiger partial charge in [-0.25, -0.2) is 0 Å². The van der Waals surface area contributed by atoms with Crippen molar-refractivity contribution in [2.75, 3.05) is 13.6 Å². The summed E-state index contributed by atoms with van der Waals surface area (Å²) in [6.45, 7) is 2.96. The first-order valence-corrected chi connectivity index (χ1v) is 7.72. The second kappa shape index (κ2) is 7.05. The minimum Gasteiger partial charge on any atom is -0.319 e. The lowest BCUT2D eigenvalue weighted by Crippen LogP contribution is -2.39. The Morgan fingerprint density at radius 2 is 2.19 bits per heavy atom. The molecule has 2 rings (SSSR count). The largest absolute Gasteiger partial charge is 0.319 e. The van der Waals surface area contributed by atoms with Gasteiger partial charge in [0.15, 0.2) is 0 Å². The molecule has 0 saturated carbocycles. The number of benzene rings is 1. The van der Waals surface area contributed by atoms with E-state index in [2.05, 4.69) is 17.6 Å².